The molecule has 34 heavy (non-hydrogen) atoms. The van der Waals surface area contributed by atoms with E-state index in [0.29, 0.717) is 30.1 Å². The Kier molecular flexibility index (Phi) is 4.31. The van der Waals surface area contributed by atoms with Crippen molar-refractivity contribution >= 4 is 23.0 Å². The third kappa shape index (κ3) is 3.23. The summed E-state index contributed by atoms with van der Waals surface area (Å²) < 4.78 is 13.6. The van der Waals surface area contributed by atoms with Gasteiger partial charge in [0, 0.05) is 12.6 Å². The van der Waals surface area contributed by atoms with Gasteiger partial charge in [-0.2, -0.15) is 10.5 Å². The lowest BCUT2D eigenvalue weighted by atomic mass is 9.68. The van der Waals surface area contributed by atoms with Gasteiger partial charge in [-0.25, -0.2) is 14.7 Å². The number of benzene rings is 1. The van der Waals surface area contributed by atoms with Crippen LogP contribution in [0.4, 0.5) is 10.7 Å². The van der Waals surface area contributed by atoms with Gasteiger partial charge >= 0.3 is 6.09 Å². The number of fused-ring (bicyclic) bond motifs is 1. The molecule has 0 radical (unpaired) electrons. The van der Waals surface area contributed by atoms with Crippen LogP contribution in [0.15, 0.2) is 35.1 Å². The Labute approximate surface area is 196 Å². The average molecular weight is 457 g/mol. The number of hydrogen-bond donors (Lipinski definition) is 0. The molecular formula is C25H24N6O3. The zero-order valence-corrected chi connectivity index (χ0v) is 19.0. The van der Waals surface area contributed by atoms with Gasteiger partial charge in [0.25, 0.3) is 0 Å². The van der Waals surface area contributed by atoms with Crippen LogP contribution in [0.25, 0.3) is 11.0 Å². The van der Waals surface area contributed by atoms with Crippen LogP contribution in [0.1, 0.15) is 56.7 Å². The van der Waals surface area contributed by atoms with Crippen molar-refractivity contribution in [2.45, 2.75) is 63.0 Å². The first kappa shape index (κ1) is 20.7. The molecule has 1 unspecified atom stereocenters. The number of amides is 1. The number of rotatable bonds is 4. The predicted octanol–water partition coefficient (Wildman–Crippen LogP) is 4.43. The molecule has 3 aromatic rings. The van der Waals surface area contributed by atoms with E-state index in [1.807, 2.05) is 18.5 Å². The number of carbonyl (C=O) groups excluding carboxylic acids is 1. The van der Waals surface area contributed by atoms with Gasteiger partial charge in [0.1, 0.15) is 16.7 Å². The molecule has 2 aliphatic carbocycles. The largest absolute Gasteiger partial charge is 0.441 e. The molecule has 1 aliphatic heterocycles. The van der Waals surface area contributed by atoms with E-state index in [-0.39, 0.29) is 5.41 Å². The Balaban J connectivity index is 1.23. The van der Waals surface area contributed by atoms with E-state index in [0.717, 1.165) is 49.7 Å². The summed E-state index contributed by atoms with van der Waals surface area (Å²) >= 11 is 0. The predicted molar refractivity (Wildman–Crippen MR) is 121 cm³/mol. The number of carbonyl (C=O) groups is 1. The lowest BCUT2D eigenvalue weighted by molar-refractivity contribution is -0.0264. The summed E-state index contributed by atoms with van der Waals surface area (Å²) in [4.78, 5) is 18.9. The number of nitrogens with zero attached hydrogens (tertiary/aromatic N) is 6. The fourth-order valence-electron chi connectivity index (χ4n) is 5.77. The van der Waals surface area contributed by atoms with Crippen LogP contribution in [-0.4, -0.2) is 32.9 Å². The molecule has 3 heterocycles. The van der Waals surface area contributed by atoms with Crippen LogP contribution in [0, 0.1) is 28.1 Å². The maximum atomic E-state index is 12.9. The number of nitriles is 2. The normalized spacial score (nSPS) is 27.5. The SMILES string of the molecule is CC1(Cn2cnc3ccc(C#N)cc32)CCC[C@@]2(CN(c3cc(C4(C#N)CC4)no3)C(=O)O2)C1. The number of aromatic nitrogens is 3. The van der Waals surface area contributed by atoms with Gasteiger partial charge in [0.05, 0.1) is 41.6 Å². The van der Waals surface area contributed by atoms with Gasteiger partial charge in [0.15, 0.2) is 0 Å². The van der Waals surface area contributed by atoms with Crippen molar-refractivity contribution < 1.29 is 14.1 Å². The number of anilines is 1. The van der Waals surface area contributed by atoms with E-state index in [4.69, 9.17) is 9.26 Å². The van der Waals surface area contributed by atoms with Crippen LogP contribution >= 0.6 is 0 Å². The number of ether oxygens (including phenoxy) is 1. The molecule has 9 heteroatoms. The van der Waals surface area contributed by atoms with Gasteiger partial charge in [-0.15, -0.1) is 0 Å². The first-order valence-corrected chi connectivity index (χ1v) is 11.6. The van der Waals surface area contributed by atoms with Gasteiger partial charge in [-0.1, -0.05) is 12.1 Å². The highest BCUT2D eigenvalue weighted by Crippen LogP contribution is 2.50. The summed E-state index contributed by atoms with van der Waals surface area (Å²) in [5.41, 5.74) is 1.72. The van der Waals surface area contributed by atoms with Gasteiger partial charge < -0.3 is 13.8 Å². The third-order valence-electron chi connectivity index (χ3n) is 7.65. The Morgan fingerprint density at radius 1 is 1.18 bits per heavy atom. The minimum Gasteiger partial charge on any atom is -0.441 e. The Morgan fingerprint density at radius 3 is 2.79 bits per heavy atom. The van der Waals surface area contributed by atoms with Crippen LogP contribution in [-0.2, 0) is 16.7 Å². The zero-order valence-electron chi connectivity index (χ0n) is 19.0. The third-order valence-corrected chi connectivity index (χ3v) is 7.65. The highest BCUT2D eigenvalue weighted by Gasteiger charge is 2.53. The monoisotopic (exact) mass is 456 g/mol. The van der Waals surface area contributed by atoms with E-state index in [1.54, 1.807) is 12.1 Å². The van der Waals surface area contributed by atoms with Crippen LogP contribution in [0.2, 0.25) is 0 Å². The fourth-order valence-corrected chi connectivity index (χ4v) is 5.77. The lowest BCUT2D eigenvalue weighted by Crippen LogP contribution is -2.45. The Bertz CT molecular complexity index is 1390. The van der Waals surface area contributed by atoms with Crippen molar-refractivity contribution in [3.05, 3.63) is 41.9 Å². The number of hydrogen-bond acceptors (Lipinski definition) is 7. The quantitative estimate of drug-likeness (QED) is 0.569. The maximum absolute atomic E-state index is 12.9. The lowest BCUT2D eigenvalue weighted by Gasteiger charge is -2.43. The topological polar surface area (TPSA) is 121 Å². The van der Waals surface area contributed by atoms with Crippen molar-refractivity contribution in [2.75, 3.05) is 11.4 Å². The second kappa shape index (κ2) is 7.07. The molecular weight excluding hydrogens is 432 g/mol. The fraction of sp³-hybridized carbons (Fsp3) is 0.480. The second-order valence-electron chi connectivity index (χ2n) is 10.4. The zero-order chi connectivity index (χ0) is 23.6. The Hall–Kier alpha value is -3.85. The molecule has 2 atom stereocenters. The molecule has 3 fully saturated rings. The van der Waals surface area contributed by atoms with Crippen molar-refractivity contribution in [3.63, 3.8) is 0 Å². The second-order valence-corrected chi connectivity index (χ2v) is 10.4. The van der Waals surface area contributed by atoms with Gasteiger partial charge in [0.2, 0.25) is 5.88 Å². The summed E-state index contributed by atoms with van der Waals surface area (Å²) in [5.74, 6) is 0.343. The summed E-state index contributed by atoms with van der Waals surface area (Å²) in [6.45, 7) is 3.34. The highest BCUT2D eigenvalue weighted by atomic mass is 16.6. The summed E-state index contributed by atoms with van der Waals surface area (Å²) in [5, 5.41) is 22.8. The van der Waals surface area contributed by atoms with E-state index < -0.39 is 17.1 Å². The molecule has 0 bridgehead atoms. The van der Waals surface area contributed by atoms with E-state index in [1.165, 1.54) is 4.90 Å². The van der Waals surface area contributed by atoms with Crippen LogP contribution in [0.5, 0.6) is 0 Å². The summed E-state index contributed by atoms with van der Waals surface area (Å²) in [6, 6.07) is 11.7. The smallest absolute Gasteiger partial charge is 0.417 e. The van der Waals surface area contributed by atoms with Gasteiger partial charge in [-0.3, -0.25) is 0 Å². The van der Waals surface area contributed by atoms with Gasteiger partial charge in [-0.05, 0) is 62.1 Å². The highest BCUT2D eigenvalue weighted by molar-refractivity contribution is 5.88. The molecule has 1 spiro atoms. The molecule has 1 saturated heterocycles. The number of imidazole rings is 1. The molecule has 3 aliphatic rings. The average Bonchev–Trinajstić information content (AvgIpc) is 3.12. The van der Waals surface area contributed by atoms with Crippen molar-refractivity contribution in [1.82, 2.24) is 14.7 Å². The maximum Gasteiger partial charge on any atom is 0.417 e. The summed E-state index contributed by atoms with van der Waals surface area (Å²) in [6.07, 6.45) is 6.36. The first-order chi connectivity index (χ1) is 16.4. The first-order valence-electron chi connectivity index (χ1n) is 11.6. The van der Waals surface area contributed by atoms with E-state index in [2.05, 4.69) is 33.8 Å². The minimum atomic E-state index is -0.599. The van der Waals surface area contributed by atoms with Crippen molar-refractivity contribution in [1.29, 1.82) is 10.5 Å². The minimum absolute atomic E-state index is 0.115. The molecule has 1 amide bonds. The molecule has 9 nitrogen and oxygen atoms in total. The molecule has 0 N–H and O–H groups in total. The van der Waals surface area contributed by atoms with Crippen LogP contribution in [0.3, 0.4) is 0 Å². The molecule has 6 rings (SSSR count). The molecule has 2 aromatic heterocycles. The van der Waals surface area contributed by atoms with Crippen molar-refractivity contribution in [2.24, 2.45) is 5.41 Å². The summed E-state index contributed by atoms with van der Waals surface area (Å²) in [7, 11) is 0. The molecule has 1 aromatic carbocycles. The van der Waals surface area contributed by atoms with E-state index in [9.17, 15) is 15.3 Å². The Morgan fingerprint density at radius 2 is 2.03 bits per heavy atom. The van der Waals surface area contributed by atoms with E-state index >= 15 is 0 Å². The molecule has 172 valence electrons. The molecule has 2 saturated carbocycles. The standard InChI is InChI=1S/C25H24N6O3/c1-23(14-30-16-28-18-4-3-17(11-26)9-19(18)30)5-2-6-25(12-23)15-31(22(32)33-25)21-10-20(29-34-21)24(13-27)7-8-24/h3-4,9-10,16H,2,5-8,12,14-15H2,1H3/t23?,25-/m0/s1. The van der Waals surface area contributed by atoms with Crippen LogP contribution < -0.4 is 4.90 Å². The van der Waals surface area contributed by atoms with Crippen molar-refractivity contribution in [3.8, 4) is 12.1 Å².